The van der Waals surface area contributed by atoms with E-state index >= 15 is 0 Å². The summed E-state index contributed by atoms with van der Waals surface area (Å²) < 4.78 is 7.04. The quantitative estimate of drug-likeness (QED) is 0.163. The maximum Gasteiger partial charge on any atom is 0.294 e. The molecule has 204 valence electrons. The number of amides is 3. The third-order valence-corrected chi connectivity index (χ3v) is 8.56. The van der Waals surface area contributed by atoms with Crippen molar-refractivity contribution in [1.29, 1.82) is 0 Å². The number of rotatable bonds is 7. The first-order valence-electron chi connectivity index (χ1n) is 12.1. The molecule has 0 atom stereocenters. The van der Waals surface area contributed by atoms with Crippen LogP contribution in [0.3, 0.4) is 0 Å². The fraction of sp³-hybridized carbons (Fsp3) is 0.179. The van der Waals surface area contributed by atoms with Gasteiger partial charge in [-0.05, 0) is 90.5 Å². The maximum atomic E-state index is 13.1. The van der Waals surface area contributed by atoms with Crippen molar-refractivity contribution in [3.05, 3.63) is 107 Å². The number of ether oxygens (including phenoxy) is 1. The van der Waals surface area contributed by atoms with Crippen LogP contribution in [0, 0.1) is 10.1 Å². The zero-order chi connectivity index (χ0) is 28.4. The Labute approximate surface area is 250 Å². The molecule has 12 heteroatoms. The third-order valence-electron chi connectivity index (χ3n) is 6.47. The van der Waals surface area contributed by atoms with Gasteiger partial charge in [-0.3, -0.25) is 29.4 Å². The van der Waals surface area contributed by atoms with Crippen LogP contribution >= 0.6 is 43.6 Å². The highest BCUT2D eigenvalue weighted by molar-refractivity contribution is 9.11. The molecule has 0 aromatic heterocycles. The van der Waals surface area contributed by atoms with Crippen molar-refractivity contribution in [2.24, 2.45) is 0 Å². The van der Waals surface area contributed by atoms with E-state index in [1.54, 1.807) is 35.2 Å². The number of non-ortho nitro benzene ring substituents is 1. The highest BCUT2D eigenvalue weighted by Gasteiger charge is 2.37. The molecule has 2 aliphatic heterocycles. The molecule has 0 aliphatic carbocycles. The topological polar surface area (TPSA) is 110 Å². The Morgan fingerprint density at radius 2 is 1.77 bits per heavy atom. The molecule has 3 aromatic rings. The van der Waals surface area contributed by atoms with Crippen LogP contribution in [-0.4, -0.2) is 44.9 Å². The van der Waals surface area contributed by atoms with Crippen molar-refractivity contribution in [2.75, 3.05) is 13.1 Å². The van der Waals surface area contributed by atoms with Crippen LogP contribution in [0.1, 0.15) is 22.3 Å². The molecular formula is C28H21Br2N3O6S. The monoisotopic (exact) mass is 685 g/mol. The summed E-state index contributed by atoms with van der Waals surface area (Å²) in [5, 5.41) is 10.5. The number of thioether (sulfide) groups is 1. The van der Waals surface area contributed by atoms with Gasteiger partial charge < -0.3 is 9.64 Å². The minimum atomic E-state index is -0.515. The van der Waals surface area contributed by atoms with Gasteiger partial charge in [-0.2, -0.15) is 0 Å². The van der Waals surface area contributed by atoms with E-state index in [4.69, 9.17) is 4.74 Å². The highest BCUT2D eigenvalue weighted by atomic mass is 79.9. The first kappa shape index (κ1) is 28.1. The van der Waals surface area contributed by atoms with E-state index in [1.807, 2.05) is 24.3 Å². The second kappa shape index (κ2) is 11.9. The van der Waals surface area contributed by atoms with E-state index in [0.29, 0.717) is 38.9 Å². The van der Waals surface area contributed by atoms with Crippen LogP contribution in [0.5, 0.6) is 5.75 Å². The molecule has 9 nitrogen and oxygen atoms in total. The fourth-order valence-electron chi connectivity index (χ4n) is 4.45. The Balaban J connectivity index is 1.25. The number of hydrogen-bond donors (Lipinski definition) is 0. The minimum absolute atomic E-state index is 0.0218. The number of hydrogen-bond acceptors (Lipinski definition) is 7. The Bertz CT molecular complexity index is 1550. The molecule has 2 heterocycles. The molecule has 1 saturated heterocycles. The molecule has 5 rings (SSSR count). The molecule has 0 N–H and O–H groups in total. The van der Waals surface area contributed by atoms with Gasteiger partial charge in [0.25, 0.3) is 16.8 Å². The predicted molar refractivity (Wildman–Crippen MR) is 158 cm³/mol. The van der Waals surface area contributed by atoms with E-state index in [-0.39, 0.29) is 29.7 Å². The Kier molecular flexibility index (Phi) is 8.38. The molecule has 0 spiro atoms. The van der Waals surface area contributed by atoms with E-state index in [0.717, 1.165) is 28.6 Å². The molecule has 3 amide bonds. The Morgan fingerprint density at radius 1 is 1.05 bits per heavy atom. The van der Waals surface area contributed by atoms with Gasteiger partial charge in [-0.15, -0.1) is 0 Å². The maximum absolute atomic E-state index is 13.1. The summed E-state index contributed by atoms with van der Waals surface area (Å²) in [4.78, 5) is 52.1. The summed E-state index contributed by atoms with van der Waals surface area (Å²) in [6, 6.07) is 17.6. The number of fused-ring (bicyclic) bond motifs is 1. The lowest BCUT2D eigenvalue weighted by Gasteiger charge is -2.29. The van der Waals surface area contributed by atoms with Gasteiger partial charge in [0.1, 0.15) is 18.9 Å². The zero-order valence-corrected chi connectivity index (χ0v) is 24.8. The normalized spacial score (nSPS) is 15.9. The van der Waals surface area contributed by atoms with Crippen molar-refractivity contribution >= 4 is 72.4 Å². The summed E-state index contributed by atoms with van der Waals surface area (Å²) in [5.41, 5.74) is 3.52. The number of carbonyl (C=O) groups is 3. The van der Waals surface area contributed by atoms with Gasteiger partial charge in [-0.1, -0.05) is 36.4 Å². The van der Waals surface area contributed by atoms with Crippen LogP contribution in [-0.2, 0) is 29.2 Å². The van der Waals surface area contributed by atoms with E-state index in [9.17, 15) is 24.5 Å². The van der Waals surface area contributed by atoms with Gasteiger partial charge >= 0.3 is 0 Å². The van der Waals surface area contributed by atoms with Gasteiger partial charge in [0.2, 0.25) is 5.91 Å². The second-order valence-corrected chi connectivity index (χ2v) is 11.8. The smallest absolute Gasteiger partial charge is 0.294 e. The number of carbonyl (C=O) groups excluding carboxylic acids is 3. The molecule has 0 saturated carbocycles. The first-order chi connectivity index (χ1) is 19.2. The number of nitro benzene ring substituents is 1. The Morgan fingerprint density at radius 3 is 2.50 bits per heavy atom. The van der Waals surface area contributed by atoms with Gasteiger partial charge in [0.15, 0.2) is 0 Å². The molecule has 40 heavy (non-hydrogen) atoms. The van der Waals surface area contributed by atoms with Crippen molar-refractivity contribution in [1.82, 2.24) is 9.80 Å². The summed E-state index contributed by atoms with van der Waals surface area (Å²) >= 11 is 7.74. The number of imide groups is 1. The van der Waals surface area contributed by atoms with Crippen LogP contribution < -0.4 is 4.74 Å². The second-order valence-electron chi connectivity index (χ2n) is 9.13. The predicted octanol–water partition coefficient (Wildman–Crippen LogP) is 6.32. The lowest BCUT2D eigenvalue weighted by Crippen LogP contribution is -2.44. The molecule has 2 aliphatic rings. The third kappa shape index (κ3) is 6.13. The first-order valence-corrected chi connectivity index (χ1v) is 14.5. The summed E-state index contributed by atoms with van der Waals surface area (Å²) in [6.45, 7) is 0.800. The number of nitrogens with zero attached hydrogens (tertiary/aromatic N) is 3. The SMILES string of the molecule is O=C(CN1C(=O)S/C(=C\c2cc(Br)c(OCc3cccc([N+](=O)[O-])c3)c(Br)c2)C1=O)N1CCc2ccccc2C1. The molecule has 0 bridgehead atoms. The fourth-order valence-corrected chi connectivity index (χ4v) is 6.74. The van der Waals surface area contributed by atoms with Crippen molar-refractivity contribution in [3.8, 4) is 5.75 Å². The molecule has 0 unspecified atom stereocenters. The van der Waals surface area contributed by atoms with Crippen LogP contribution in [0.4, 0.5) is 10.5 Å². The number of nitro groups is 1. The van der Waals surface area contributed by atoms with Crippen molar-refractivity contribution in [3.63, 3.8) is 0 Å². The van der Waals surface area contributed by atoms with E-state index in [1.165, 1.54) is 17.7 Å². The standard InChI is InChI=1S/C28H21Br2N3O6S/c29-22-11-18(12-23(30)26(22)39-16-17-4-3-7-21(10-17)33(37)38)13-24-27(35)32(28(36)40-24)15-25(34)31-9-8-19-5-1-2-6-20(19)14-31/h1-7,10-13H,8-9,14-16H2/b24-13-. The van der Waals surface area contributed by atoms with Crippen molar-refractivity contribution in [2.45, 2.75) is 19.6 Å². The van der Waals surface area contributed by atoms with E-state index < -0.39 is 16.1 Å². The minimum Gasteiger partial charge on any atom is -0.487 e. The van der Waals surface area contributed by atoms with Crippen LogP contribution in [0.2, 0.25) is 0 Å². The molecule has 1 fully saturated rings. The summed E-state index contributed by atoms with van der Waals surface area (Å²) in [5.74, 6) is -0.307. The Hall–Kier alpha value is -3.48. The number of benzene rings is 3. The zero-order valence-electron chi connectivity index (χ0n) is 20.8. The average Bonchev–Trinajstić information content (AvgIpc) is 3.19. The largest absolute Gasteiger partial charge is 0.487 e. The highest BCUT2D eigenvalue weighted by Crippen LogP contribution is 2.38. The van der Waals surface area contributed by atoms with Crippen LogP contribution in [0.15, 0.2) is 74.5 Å². The lowest BCUT2D eigenvalue weighted by molar-refractivity contribution is -0.384. The summed E-state index contributed by atoms with van der Waals surface area (Å²) in [6.07, 6.45) is 2.32. The molecule has 0 radical (unpaired) electrons. The van der Waals surface area contributed by atoms with E-state index in [2.05, 4.69) is 31.9 Å². The summed E-state index contributed by atoms with van der Waals surface area (Å²) in [7, 11) is 0. The number of halogens is 2. The molecular weight excluding hydrogens is 666 g/mol. The lowest BCUT2D eigenvalue weighted by atomic mass is 10.00. The van der Waals surface area contributed by atoms with Crippen LogP contribution in [0.25, 0.3) is 6.08 Å². The molecule has 3 aromatic carbocycles. The van der Waals surface area contributed by atoms with Gasteiger partial charge in [-0.25, -0.2) is 0 Å². The van der Waals surface area contributed by atoms with Crippen molar-refractivity contribution < 1.29 is 24.0 Å². The van der Waals surface area contributed by atoms with Gasteiger partial charge in [0.05, 0.1) is 18.8 Å². The average molecular weight is 687 g/mol. The van der Waals surface area contributed by atoms with Gasteiger partial charge in [0, 0.05) is 25.2 Å².